The number of amides is 1. The van der Waals surface area contributed by atoms with Crippen LogP contribution in [0.3, 0.4) is 0 Å². The van der Waals surface area contributed by atoms with Crippen LogP contribution in [0, 0.1) is 0 Å². The average Bonchev–Trinajstić information content (AvgIpc) is 2.18. The zero-order valence-corrected chi connectivity index (χ0v) is 9.36. The number of rotatable bonds is 2. The number of nitrogens with zero attached hydrogens (tertiary/aromatic N) is 2. The van der Waals surface area contributed by atoms with Gasteiger partial charge in [0.25, 0.3) is 0 Å². The number of hydrogen-bond donors (Lipinski definition) is 0. The fraction of sp³-hybridized carbons (Fsp3) is 0.727. The predicted molar refractivity (Wildman–Crippen MR) is 58.1 cm³/mol. The first kappa shape index (κ1) is 11.2. The second-order valence-electron chi connectivity index (χ2n) is 3.96. The third-order valence-corrected chi connectivity index (χ3v) is 2.67. The van der Waals surface area contributed by atoms with Crippen LogP contribution < -0.4 is 0 Å². The maximum absolute atomic E-state index is 11.5. The van der Waals surface area contributed by atoms with E-state index in [0.717, 1.165) is 26.2 Å². The molecule has 3 heteroatoms. The third kappa shape index (κ3) is 2.84. The Bertz CT molecular complexity index is 215. The first-order chi connectivity index (χ1) is 6.65. The Morgan fingerprint density at radius 2 is 1.79 bits per heavy atom. The first-order valence-electron chi connectivity index (χ1n) is 5.30. The van der Waals surface area contributed by atoms with E-state index in [4.69, 9.17) is 0 Å². The Kier molecular flexibility index (Phi) is 4.14. The molecule has 0 bridgehead atoms. The number of carbonyl (C=O) groups is 1. The molecule has 1 amide bonds. The lowest BCUT2D eigenvalue weighted by atomic mass is 10.2. The van der Waals surface area contributed by atoms with Crippen molar-refractivity contribution in [2.45, 2.75) is 26.8 Å². The topological polar surface area (TPSA) is 23.6 Å². The molecule has 0 aliphatic carbocycles. The lowest BCUT2D eigenvalue weighted by Gasteiger charge is -2.36. The number of allylic oxidation sites excluding steroid dienone is 1. The summed E-state index contributed by atoms with van der Waals surface area (Å²) in [6.07, 6.45) is 3.45. The molecule has 1 fully saturated rings. The second kappa shape index (κ2) is 5.15. The SMILES string of the molecule is CC=CC(=O)N1CCN(C(C)C)CC1. The van der Waals surface area contributed by atoms with Crippen LogP contribution in [0.5, 0.6) is 0 Å². The van der Waals surface area contributed by atoms with Crippen molar-refractivity contribution in [1.29, 1.82) is 0 Å². The van der Waals surface area contributed by atoms with Gasteiger partial charge in [0.05, 0.1) is 0 Å². The van der Waals surface area contributed by atoms with Crippen molar-refractivity contribution < 1.29 is 4.79 Å². The summed E-state index contributed by atoms with van der Waals surface area (Å²) >= 11 is 0. The molecule has 0 spiro atoms. The molecule has 1 aliphatic heterocycles. The highest BCUT2D eigenvalue weighted by molar-refractivity contribution is 5.87. The molecule has 0 aromatic rings. The summed E-state index contributed by atoms with van der Waals surface area (Å²) in [7, 11) is 0. The van der Waals surface area contributed by atoms with Crippen LogP contribution in [-0.4, -0.2) is 47.9 Å². The summed E-state index contributed by atoms with van der Waals surface area (Å²) in [4.78, 5) is 15.8. The maximum Gasteiger partial charge on any atom is 0.246 e. The number of carbonyl (C=O) groups excluding carboxylic acids is 1. The van der Waals surface area contributed by atoms with Gasteiger partial charge in [-0.3, -0.25) is 9.69 Å². The van der Waals surface area contributed by atoms with Crippen molar-refractivity contribution in [3.8, 4) is 0 Å². The van der Waals surface area contributed by atoms with Crippen molar-refractivity contribution in [2.75, 3.05) is 26.2 Å². The molecule has 0 radical (unpaired) electrons. The van der Waals surface area contributed by atoms with E-state index in [1.165, 1.54) is 0 Å². The van der Waals surface area contributed by atoms with E-state index in [9.17, 15) is 4.79 Å². The zero-order valence-electron chi connectivity index (χ0n) is 9.36. The normalized spacial score (nSPS) is 19.6. The molecule has 14 heavy (non-hydrogen) atoms. The van der Waals surface area contributed by atoms with E-state index < -0.39 is 0 Å². The van der Waals surface area contributed by atoms with Crippen LogP contribution in [0.2, 0.25) is 0 Å². The highest BCUT2D eigenvalue weighted by Gasteiger charge is 2.20. The molecule has 1 aliphatic rings. The minimum Gasteiger partial charge on any atom is -0.337 e. The van der Waals surface area contributed by atoms with Crippen LogP contribution >= 0.6 is 0 Å². The van der Waals surface area contributed by atoms with Gasteiger partial charge in [-0.05, 0) is 26.8 Å². The van der Waals surface area contributed by atoms with E-state index in [0.29, 0.717) is 6.04 Å². The Morgan fingerprint density at radius 1 is 1.21 bits per heavy atom. The van der Waals surface area contributed by atoms with Crippen LogP contribution in [0.1, 0.15) is 20.8 Å². The van der Waals surface area contributed by atoms with Crippen LogP contribution in [0.15, 0.2) is 12.2 Å². The molecule has 0 aromatic heterocycles. The summed E-state index contributed by atoms with van der Waals surface area (Å²) in [6.45, 7) is 10.00. The van der Waals surface area contributed by atoms with E-state index in [-0.39, 0.29) is 5.91 Å². The van der Waals surface area contributed by atoms with Gasteiger partial charge >= 0.3 is 0 Å². The standard InChI is InChI=1S/C11H20N2O/c1-4-5-11(14)13-8-6-12(7-9-13)10(2)3/h4-5,10H,6-9H2,1-3H3. The minimum absolute atomic E-state index is 0.149. The lowest BCUT2D eigenvalue weighted by Crippen LogP contribution is -2.50. The Morgan fingerprint density at radius 3 is 2.21 bits per heavy atom. The monoisotopic (exact) mass is 196 g/mol. The van der Waals surface area contributed by atoms with Gasteiger partial charge in [0.2, 0.25) is 5.91 Å². The summed E-state index contributed by atoms with van der Waals surface area (Å²) in [6, 6.07) is 0.592. The summed E-state index contributed by atoms with van der Waals surface area (Å²) in [5, 5.41) is 0. The molecular weight excluding hydrogens is 176 g/mol. The van der Waals surface area contributed by atoms with E-state index in [2.05, 4.69) is 18.7 Å². The summed E-state index contributed by atoms with van der Waals surface area (Å²) in [5.74, 6) is 0.149. The van der Waals surface area contributed by atoms with Crippen LogP contribution in [0.4, 0.5) is 0 Å². The van der Waals surface area contributed by atoms with E-state index in [1.54, 1.807) is 12.2 Å². The molecule has 1 rings (SSSR count). The van der Waals surface area contributed by atoms with Crippen molar-refractivity contribution in [3.63, 3.8) is 0 Å². The van der Waals surface area contributed by atoms with Gasteiger partial charge in [-0.2, -0.15) is 0 Å². The number of hydrogen-bond acceptors (Lipinski definition) is 2. The van der Waals surface area contributed by atoms with Gasteiger partial charge in [-0.25, -0.2) is 0 Å². The molecule has 0 unspecified atom stereocenters. The highest BCUT2D eigenvalue weighted by Crippen LogP contribution is 2.06. The molecule has 1 saturated heterocycles. The quantitative estimate of drug-likeness (QED) is 0.618. The summed E-state index contributed by atoms with van der Waals surface area (Å²) < 4.78 is 0. The Labute approximate surface area is 86.4 Å². The van der Waals surface area contributed by atoms with Gasteiger partial charge in [0.15, 0.2) is 0 Å². The van der Waals surface area contributed by atoms with Crippen molar-refractivity contribution in [3.05, 3.63) is 12.2 Å². The average molecular weight is 196 g/mol. The predicted octanol–water partition coefficient (Wildman–Crippen LogP) is 1.12. The molecule has 0 atom stereocenters. The first-order valence-corrected chi connectivity index (χ1v) is 5.30. The van der Waals surface area contributed by atoms with E-state index >= 15 is 0 Å². The molecule has 3 nitrogen and oxygen atoms in total. The molecule has 0 N–H and O–H groups in total. The Balaban J connectivity index is 2.39. The fourth-order valence-electron chi connectivity index (χ4n) is 1.71. The van der Waals surface area contributed by atoms with Crippen molar-refractivity contribution in [2.24, 2.45) is 0 Å². The zero-order chi connectivity index (χ0) is 10.6. The van der Waals surface area contributed by atoms with E-state index in [1.807, 2.05) is 11.8 Å². The fourth-order valence-corrected chi connectivity index (χ4v) is 1.71. The van der Waals surface area contributed by atoms with Gasteiger partial charge < -0.3 is 4.90 Å². The number of piperazine rings is 1. The lowest BCUT2D eigenvalue weighted by molar-refractivity contribution is -0.127. The minimum atomic E-state index is 0.149. The highest BCUT2D eigenvalue weighted by atomic mass is 16.2. The second-order valence-corrected chi connectivity index (χ2v) is 3.96. The van der Waals surface area contributed by atoms with Gasteiger partial charge in [-0.15, -0.1) is 0 Å². The Hall–Kier alpha value is -0.830. The molecule has 0 saturated carbocycles. The largest absolute Gasteiger partial charge is 0.337 e. The van der Waals surface area contributed by atoms with Crippen LogP contribution in [-0.2, 0) is 4.79 Å². The maximum atomic E-state index is 11.5. The van der Waals surface area contributed by atoms with Gasteiger partial charge in [-0.1, -0.05) is 6.08 Å². The van der Waals surface area contributed by atoms with Gasteiger partial charge in [0, 0.05) is 32.2 Å². The molecular formula is C11H20N2O. The van der Waals surface area contributed by atoms with Crippen LogP contribution in [0.25, 0.3) is 0 Å². The van der Waals surface area contributed by atoms with Crippen molar-refractivity contribution in [1.82, 2.24) is 9.80 Å². The molecule has 0 aromatic carbocycles. The van der Waals surface area contributed by atoms with Crippen molar-refractivity contribution >= 4 is 5.91 Å². The summed E-state index contributed by atoms with van der Waals surface area (Å²) in [5.41, 5.74) is 0. The smallest absolute Gasteiger partial charge is 0.246 e. The molecule has 1 heterocycles. The third-order valence-electron chi connectivity index (χ3n) is 2.67. The molecule has 80 valence electrons. The van der Waals surface area contributed by atoms with Gasteiger partial charge in [0.1, 0.15) is 0 Å².